The molecule has 0 aliphatic heterocycles. The van der Waals surface area contributed by atoms with Crippen LogP contribution >= 0.6 is 35.3 Å². The lowest BCUT2D eigenvalue weighted by molar-refractivity contribution is 0.463. The van der Waals surface area contributed by atoms with Crippen LogP contribution in [-0.2, 0) is 19.5 Å². The Morgan fingerprint density at radius 3 is 2.45 bits per heavy atom. The van der Waals surface area contributed by atoms with Gasteiger partial charge in [0.05, 0.1) is 18.8 Å². The monoisotopic (exact) mass is 434 g/mol. The van der Waals surface area contributed by atoms with E-state index in [2.05, 4.69) is 39.7 Å². The van der Waals surface area contributed by atoms with Crippen molar-refractivity contribution in [3.8, 4) is 0 Å². The molecule has 0 radical (unpaired) electrons. The normalized spacial score (nSPS) is 11.2. The van der Waals surface area contributed by atoms with E-state index in [1.54, 1.807) is 7.05 Å². The van der Waals surface area contributed by atoms with Crippen LogP contribution in [0.25, 0.3) is 0 Å². The molecule has 0 atom stereocenters. The van der Waals surface area contributed by atoms with Crippen molar-refractivity contribution < 1.29 is 4.42 Å². The summed E-state index contributed by atoms with van der Waals surface area (Å²) in [5.74, 6) is 2.28. The van der Waals surface area contributed by atoms with Crippen LogP contribution in [0, 0.1) is 13.8 Å². The molecular weight excluding hydrogens is 411 g/mol. The van der Waals surface area contributed by atoms with Crippen LogP contribution in [0.2, 0.25) is 0 Å². The standard InChI is InChI=1S/C15H22N4OS.HI/c1-5-12-6-7-13(21-12)8-17-15(16-4)18-9-14-19-10(2)11(3)20-14;/h6-7H,5,8-9H2,1-4H3,(H2,16,17,18);1H. The van der Waals surface area contributed by atoms with Crippen LogP contribution in [0.4, 0.5) is 0 Å². The summed E-state index contributed by atoms with van der Waals surface area (Å²) in [7, 11) is 1.76. The highest BCUT2D eigenvalue weighted by Gasteiger charge is 2.06. The molecule has 0 aliphatic rings. The average Bonchev–Trinajstić information content (AvgIpc) is 3.06. The summed E-state index contributed by atoms with van der Waals surface area (Å²) in [6, 6.07) is 4.33. The lowest BCUT2D eigenvalue weighted by atomic mass is 10.4. The molecule has 2 aromatic rings. The first-order chi connectivity index (χ1) is 10.1. The largest absolute Gasteiger partial charge is 0.444 e. The summed E-state index contributed by atoms with van der Waals surface area (Å²) < 4.78 is 5.54. The van der Waals surface area contributed by atoms with Crippen LogP contribution in [-0.4, -0.2) is 18.0 Å². The molecule has 0 saturated heterocycles. The second kappa shape index (κ2) is 9.14. The van der Waals surface area contributed by atoms with E-state index >= 15 is 0 Å². The maximum atomic E-state index is 5.54. The molecule has 2 rings (SSSR count). The summed E-state index contributed by atoms with van der Waals surface area (Å²) in [6.07, 6.45) is 1.08. The number of rotatable bonds is 5. The van der Waals surface area contributed by atoms with E-state index in [1.807, 2.05) is 25.2 Å². The summed E-state index contributed by atoms with van der Waals surface area (Å²) >= 11 is 1.83. The predicted molar refractivity (Wildman–Crippen MR) is 102 cm³/mol. The zero-order valence-corrected chi connectivity index (χ0v) is 16.5. The van der Waals surface area contributed by atoms with Gasteiger partial charge in [0.25, 0.3) is 0 Å². The van der Waals surface area contributed by atoms with Crippen molar-refractivity contribution in [3.05, 3.63) is 39.2 Å². The molecule has 7 heteroatoms. The van der Waals surface area contributed by atoms with E-state index in [1.165, 1.54) is 9.75 Å². The molecule has 0 spiro atoms. The molecule has 0 saturated carbocycles. The summed E-state index contributed by atoms with van der Waals surface area (Å²) in [5.41, 5.74) is 0.931. The first-order valence-electron chi connectivity index (χ1n) is 7.07. The van der Waals surface area contributed by atoms with Gasteiger partial charge in [-0.05, 0) is 32.4 Å². The van der Waals surface area contributed by atoms with Gasteiger partial charge in [-0.2, -0.15) is 0 Å². The number of hydrogen-bond acceptors (Lipinski definition) is 4. The molecule has 2 heterocycles. The third kappa shape index (κ3) is 5.28. The van der Waals surface area contributed by atoms with E-state index < -0.39 is 0 Å². The number of nitrogens with one attached hydrogen (secondary N) is 2. The maximum Gasteiger partial charge on any atom is 0.214 e. The maximum absolute atomic E-state index is 5.54. The number of guanidine groups is 1. The number of aromatic nitrogens is 1. The smallest absolute Gasteiger partial charge is 0.214 e. The van der Waals surface area contributed by atoms with Gasteiger partial charge in [0.1, 0.15) is 5.76 Å². The number of halogens is 1. The lowest BCUT2D eigenvalue weighted by Crippen LogP contribution is -2.36. The van der Waals surface area contributed by atoms with Gasteiger partial charge in [-0.1, -0.05) is 6.92 Å². The molecule has 122 valence electrons. The summed E-state index contributed by atoms with van der Waals surface area (Å²) in [6.45, 7) is 7.33. The molecule has 0 fully saturated rings. The van der Waals surface area contributed by atoms with Crippen molar-refractivity contribution in [1.82, 2.24) is 15.6 Å². The molecule has 0 amide bonds. The molecular formula is C15H23IN4OS. The summed E-state index contributed by atoms with van der Waals surface area (Å²) in [4.78, 5) is 11.2. The van der Waals surface area contributed by atoms with Gasteiger partial charge in [-0.25, -0.2) is 4.98 Å². The second-order valence-electron chi connectivity index (χ2n) is 4.75. The van der Waals surface area contributed by atoms with Gasteiger partial charge in [-0.15, -0.1) is 35.3 Å². The molecule has 22 heavy (non-hydrogen) atoms. The fourth-order valence-corrected chi connectivity index (χ4v) is 2.77. The van der Waals surface area contributed by atoms with Gasteiger partial charge < -0.3 is 15.1 Å². The third-order valence-electron chi connectivity index (χ3n) is 3.20. The minimum absolute atomic E-state index is 0. The number of thiophene rings is 1. The Morgan fingerprint density at radius 2 is 1.91 bits per heavy atom. The van der Waals surface area contributed by atoms with Crippen molar-refractivity contribution in [2.45, 2.75) is 40.3 Å². The summed E-state index contributed by atoms with van der Waals surface area (Å²) in [5, 5.41) is 6.50. The van der Waals surface area contributed by atoms with Crippen LogP contribution in [0.5, 0.6) is 0 Å². The van der Waals surface area contributed by atoms with E-state index in [-0.39, 0.29) is 24.0 Å². The van der Waals surface area contributed by atoms with Crippen LogP contribution in [0.3, 0.4) is 0 Å². The fourth-order valence-electron chi connectivity index (χ4n) is 1.87. The highest BCUT2D eigenvalue weighted by molar-refractivity contribution is 14.0. The Kier molecular flexibility index (Phi) is 7.88. The third-order valence-corrected chi connectivity index (χ3v) is 4.43. The molecule has 5 nitrogen and oxygen atoms in total. The van der Waals surface area contributed by atoms with Crippen LogP contribution in [0.1, 0.15) is 34.0 Å². The molecule has 0 unspecified atom stereocenters. The van der Waals surface area contributed by atoms with Gasteiger partial charge in [0, 0.05) is 16.8 Å². The number of nitrogens with zero attached hydrogens (tertiary/aromatic N) is 2. The highest BCUT2D eigenvalue weighted by atomic mass is 127. The van der Waals surface area contributed by atoms with E-state index in [9.17, 15) is 0 Å². The molecule has 0 aromatic carbocycles. The molecule has 0 aliphatic carbocycles. The molecule has 2 aromatic heterocycles. The first-order valence-corrected chi connectivity index (χ1v) is 7.89. The van der Waals surface area contributed by atoms with Crippen molar-refractivity contribution in [2.75, 3.05) is 7.05 Å². The van der Waals surface area contributed by atoms with Crippen LogP contribution in [0.15, 0.2) is 21.5 Å². The second-order valence-corrected chi connectivity index (χ2v) is 6.00. The van der Waals surface area contributed by atoms with Gasteiger partial charge in [0.15, 0.2) is 5.96 Å². The topological polar surface area (TPSA) is 62.5 Å². The van der Waals surface area contributed by atoms with E-state index in [0.717, 1.165) is 30.4 Å². The van der Waals surface area contributed by atoms with Crippen molar-refractivity contribution >= 4 is 41.3 Å². The Hall–Kier alpha value is -1.09. The minimum atomic E-state index is 0. The quantitative estimate of drug-likeness (QED) is 0.430. The Bertz CT molecular complexity index is 601. The van der Waals surface area contributed by atoms with Gasteiger partial charge >= 0.3 is 0 Å². The zero-order chi connectivity index (χ0) is 15.2. The van der Waals surface area contributed by atoms with E-state index in [4.69, 9.17) is 4.42 Å². The van der Waals surface area contributed by atoms with Crippen molar-refractivity contribution in [1.29, 1.82) is 0 Å². The zero-order valence-electron chi connectivity index (χ0n) is 13.4. The fraction of sp³-hybridized carbons (Fsp3) is 0.467. The lowest BCUT2D eigenvalue weighted by Gasteiger charge is -2.09. The average molecular weight is 434 g/mol. The molecule has 2 N–H and O–H groups in total. The van der Waals surface area contributed by atoms with Crippen LogP contribution < -0.4 is 10.6 Å². The Balaban J connectivity index is 0.00000242. The Morgan fingerprint density at radius 1 is 1.23 bits per heavy atom. The number of hydrogen-bond donors (Lipinski definition) is 2. The predicted octanol–water partition coefficient (Wildman–Crippen LogP) is 3.40. The SMILES string of the molecule is CCc1ccc(CNC(=NC)NCc2nc(C)c(C)o2)s1.I. The first kappa shape index (κ1) is 19.0. The highest BCUT2D eigenvalue weighted by Crippen LogP contribution is 2.16. The Labute approximate surface area is 152 Å². The van der Waals surface area contributed by atoms with Crippen molar-refractivity contribution in [3.63, 3.8) is 0 Å². The minimum Gasteiger partial charge on any atom is -0.444 e. The van der Waals surface area contributed by atoms with Gasteiger partial charge in [-0.3, -0.25) is 4.99 Å². The number of aliphatic imine (C=N–C) groups is 1. The van der Waals surface area contributed by atoms with Crippen molar-refractivity contribution in [2.24, 2.45) is 4.99 Å². The van der Waals surface area contributed by atoms with E-state index in [0.29, 0.717) is 12.4 Å². The number of oxazole rings is 1. The molecule has 0 bridgehead atoms. The number of aryl methyl sites for hydroxylation is 3. The van der Waals surface area contributed by atoms with Gasteiger partial charge in [0.2, 0.25) is 5.89 Å².